The summed E-state index contributed by atoms with van der Waals surface area (Å²) in [6.45, 7) is 7.91. The zero-order valence-corrected chi connectivity index (χ0v) is 13.7. The molecule has 0 radical (unpaired) electrons. The van der Waals surface area contributed by atoms with Crippen molar-refractivity contribution in [1.82, 2.24) is 15.1 Å². The van der Waals surface area contributed by atoms with Gasteiger partial charge in [0.15, 0.2) is 0 Å². The highest BCUT2D eigenvalue weighted by molar-refractivity contribution is 5.03. The Balaban J connectivity index is 1.92. The van der Waals surface area contributed by atoms with Gasteiger partial charge in [-0.15, -0.1) is 0 Å². The van der Waals surface area contributed by atoms with Crippen molar-refractivity contribution in [3.05, 3.63) is 0 Å². The van der Waals surface area contributed by atoms with Crippen molar-refractivity contribution in [2.24, 2.45) is 5.92 Å². The van der Waals surface area contributed by atoms with Crippen molar-refractivity contribution in [3.8, 4) is 0 Å². The van der Waals surface area contributed by atoms with Gasteiger partial charge < -0.3 is 20.2 Å². The second-order valence-corrected chi connectivity index (χ2v) is 7.36. The van der Waals surface area contributed by atoms with Gasteiger partial charge in [0.25, 0.3) is 0 Å². The Morgan fingerprint density at radius 2 is 2.05 bits per heavy atom. The summed E-state index contributed by atoms with van der Waals surface area (Å²) in [4.78, 5) is 4.90. The van der Waals surface area contributed by atoms with Crippen LogP contribution in [0.25, 0.3) is 0 Å². The molecular formula is C16H33N3O. The third-order valence-electron chi connectivity index (χ3n) is 4.96. The Morgan fingerprint density at radius 1 is 1.35 bits per heavy atom. The first kappa shape index (κ1) is 16.2. The maximum atomic E-state index is 10.00. The fraction of sp³-hybridized carbons (Fsp3) is 1.00. The highest BCUT2D eigenvalue weighted by atomic mass is 16.3. The van der Waals surface area contributed by atoms with Crippen LogP contribution in [0.15, 0.2) is 0 Å². The number of likely N-dealkylation sites (tertiary alicyclic amines) is 1. The van der Waals surface area contributed by atoms with E-state index in [1.54, 1.807) is 0 Å². The average Bonchev–Trinajstić information content (AvgIpc) is 3.15. The molecule has 4 heteroatoms. The van der Waals surface area contributed by atoms with Crippen LogP contribution in [0.3, 0.4) is 0 Å². The van der Waals surface area contributed by atoms with E-state index in [-0.39, 0.29) is 12.1 Å². The SMILES string of the molecule is CC(C)NC(CO)(CN(C)CC1CCCN1C)C1CC1. The highest BCUT2D eigenvalue weighted by Crippen LogP contribution is 2.40. The van der Waals surface area contributed by atoms with Crippen molar-refractivity contribution >= 4 is 0 Å². The zero-order chi connectivity index (χ0) is 14.8. The predicted octanol–water partition coefficient (Wildman–Crippen LogP) is 1.15. The number of nitrogens with zero attached hydrogens (tertiary/aromatic N) is 2. The third kappa shape index (κ3) is 3.94. The van der Waals surface area contributed by atoms with Gasteiger partial charge in [-0.3, -0.25) is 0 Å². The molecule has 1 heterocycles. The monoisotopic (exact) mass is 283 g/mol. The highest BCUT2D eigenvalue weighted by Gasteiger charge is 2.45. The van der Waals surface area contributed by atoms with Crippen molar-refractivity contribution in [2.75, 3.05) is 40.3 Å². The minimum absolute atomic E-state index is 0.0971. The molecule has 2 N–H and O–H groups in total. The maximum absolute atomic E-state index is 10.00. The lowest BCUT2D eigenvalue weighted by atomic mass is 9.92. The Labute approximate surface area is 124 Å². The summed E-state index contributed by atoms with van der Waals surface area (Å²) >= 11 is 0. The fourth-order valence-corrected chi connectivity index (χ4v) is 3.84. The van der Waals surface area contributed by atoms with Gasteiger partial charge in [0.1, 0.15) is 0 Å². The van der Waals surface area contributed by atoms with Crippen LogP contribution >= 0.6 is 0 Å². The first-order valence-electron chi connectivity index (χ1n) is 8.24. The van der Waals surface area contributed by atoms with Crippen LogP contribution in [0.1, 0.15) is 39.5 Å². The molecule has 0 aromatic rings. The van der Waals surface area contributed by atoms with E-state index >= 15 is 0 Å². The number of aliphatic hydroxyl groups excluding tert-OH is 1. The molecule has 1 aliphatic carbocycles. The van der Waals surface area contributed by atoms with E-state index in [1.807, 2.05) is 0 Å². The lowest BCUT2D eigenvalue weighted by Crippen LogP contribution is -2.60. The van der Waals surface area contributed by atoms with Gasteiger partial charge in [0, 0.05) is 25.2 Å². The molecule has 2 aliphatic rings. The van der Waals surface area contributed by atoms with E-state index in [1.165, 1.54) is 32.2 Å². The Kier molecular flexibility index (Phi) is 5.46. The van der Waals surface area contributed by atoms with Crippen LogP contribution < -0.4 is 5.32 Å². The maximum Gasteiger partial charge on any atom is 0.0628 e. The molecular weight excluding hydrogens is 250 g/mol. The lowest BCUT2D eigenvalue weighted by molar-refractivity contribution is 0.0845. The van der Waals surface area contributed by atoms with E-state index < -0.39 is 0 Å². The second-order valence-electron chi connectivity index (χ2n) is 7.36. The van der Waals surface area contributed by atoms with Crippen molar-refractivity contribution in [3.63, 3.8) is 0 Å². The average molecular weight is 283 g/mol. The van der Waals surface area contributed by atoms with E-state index in [9.17, 15) is 5.11 Å². The van der Waals surface area contributed by atoms with Gasteiger partial charge in [0.05, 0.1) is 12.1 Å². The van der Waals surface area contributed by atoms with Gasteiger partial charge in [-0.2, -0.15) is 0 Å². The molecule has 1 aliphatic heterocycles. The number of hydrogen-bond acceptors (Lipinski definition) is 4. The number of nitrogens with one attached hydrogen (secondary N) is 1. The summed E-state index contributed by atoms with van der Waals surface area (Å²) in [7, 11) is 4.44. The molecule has 0 bridgehead atoms. The van der Waals surface area contributed by atoms with E-state index in [4.69, 9.17) is 0 Å². The van der Waals surface area contributed by atoms with Crippen molar-refractivity contribution < 1.29 is 5.11 Å². The van der Waals surface area contributed by atoms with Gasteiger partial charge >= 0.3 is 0 Å². The van der Waals surface area contributed by atoms with Gasteiger partial charge in [-0.05, 0) is 52.2 Å². The summed E-state index contributed by atoms with van der Waals surface area (Å²) in [6.07, 6.45) is 5.16. The van der Waals surface area contributed by atoms with Crippen molar-refractivity contribution in [2.45, 2.75) is 57.2 Å². The Hall–Kier alpha value is -0.160. The molecule has 0 spiro atoms. The third-order valence-corrected chi connectivity index (χ3v) is 4.96. The molecule has 20 heavy (non-hydrogen) atoms. The standard InChI is InChI=1S/C16H33N3O/c1-13(2)17-16(12-20,14-7-8-14)11-18(3)10-15-6-5-9-19(15)4/h13-15,17,20H,5-12H2,1-4H3. The summed E-state index contributed by atoms with van der Waals surface area (Å²) in [5.74, 6) is 0.652. The van der Waals surface area contributed by atoms with E-state index in [0.29, 0.717) is 18.0 Å². The largest absolute Gasteiger partial charge is 0.394 e. The Morgan fingerprint density at radius 3 is 2.50 bits per heavy atom. The van der Waals surface area contributed by atoms with Gasteiger partial charge in [-0.1, -0.05) is 13.8 Å². The molecule has 2 unspecified atom stereocenters. The van der Waals surface area contributed by atoms with E-state index in [0.717, 1.165) is 13.1 Å². The first-order chi connectivity index (χ1) is 9.47. The molecule has 2 rings (SSSR count). The topological polar surface area (TPSA) is 38.7 Å². The van der Waals surface area contributed by atoms with Gasteiger partial charge in [0.2, 0.25) is 0 Å². The first-order valence-corrected chi connectivity index (χ1v) is 8.24. The van der Waals surface area contributed by atoms with Crippen LogP contribution in [0.5, 0.6) is 0 Å². The molecule has 1 saturated carbocycles. The predicted molar refractivity (Wildman–Crippen MR) is 84.0 cm³/mol. The fourth-order valence-electron chi connectivity index (χ4n) is 3.84. The summed E-state index contributed by atoms with van der Waals surface area (Å²) in [5, 5.41) is 13.7. The normalized spacial score (nSPS) is 27.4. The zero-order valence-electron chi connectivity index (χ0n) is 13.7. The number of likely N-dealkylation sites (N-methyl/N-ethyl adjacent to an activating group) is 2. The molecule has 0 aromatic carbocycles. The second kappa shape index (κ2) is 6.73. The molecule has 2 fully saturated rings. The lowest BCUT2D eigenvalue weighted by Gasteiger charge is -2.39. The van der Waals surface area contributed by atoms with Gasteiger partial charge in [-0.25, -0.2) is 0 Å². The minimum Gasteiger partial charge on any atom is -0.394 e. The number of hydrogen-bond donors (Lipinski definition) is 2. The van der Waals surface area contributed by atoms with Crippen molar-refractivity contribution in [1.29, 1.82) is 0 Å². The van der Waals surface area contributed by atoms with Crippen LogP contribution in [-0.4, -0.2) is 72.9 Å². The number of aliphatic hydroxyl groups is 1. The van der Waals surface area contributed by atoms with Crippen LogP contribution in [-0.2, 0) is 0 Å². The molecule has 4 nitrogen and oxygen atoms in total. The number of rotatable bonds is 8. The molecule has 0 amide bonds. The van der Waals surface area contributed by atoms with E-state index in [2.05, 4.69) is 43.1 Å². The Bertz CT molecular complexity index is 306. The molecule has 1 saturated heterocycles. The quantitative estimate of drug-likeness (QED) is 0.701. The van der Waals surface area contributed by atoms with Crippen LogP contribution in [0.4, 0.5) is 0 Å². The summed E-state index contributed by atoms with van der Waals surface area (Å²) < 4.78 is 0. The molecule has 0 aromatic heterocycles. The smallest absolute Gasteiger partial charge is 0.0628 e. The molecule has 118 valence electrons. The minimum atomic E-state index is -0.0971. The van der Waals surface area contributed by atoms with Crippen LogP contribution in [0.2, 0.25) is 0 Å². The summed E-state index contributed by atoms with van der Waals surface area (Å²) in [5.41, 5.74) is -0.0971. The molecule has 2 atom stereocenters. The summed E-state index contributed by atoms with van der Waals surface area (Å²) in [6, 6.07) is 1.11. The van der Waals surface area contributed by atoms with Crippen LogP contribution in [0, 0.1) is 5.92 Å².